The van der Waals surface area contributed by atoms with Gasteiger partial charge in [0.05, 0.1) is 0 Å². The first-order valence-corrected chi connectivity index (χ1v) is 7.41. The number of fused-ring (bicyclic) bond motifs is 1. The largest absolute Gasteiger partial charge is 0.508 e. The van der Waals surface area contributed by atoms with Crippen molar-refractivity contribution in [3.8, 4) is 5.75 Å². The highest BCUT2D eigenvalue weighted by molar-refractivity contribution is 5.29. The fourth-order valence-corrected chi connectivity index (χ4v) is 4.01. The third-order valence-electron chi connectivity index (χ3n) is 4.97. The van der Waals surface area contributed by atoms with Gasteiger partial charge in [-0.25, -0.2) is 4.39 Å². The number of hydrogen-bond donors (Lipinski definition) is 1. The summed E-state index contributed by atoms with van der Waals surface area (Å²) < 4.78 is 14.0. The molecule has 1 aromatic rings. The van der Waals surface area contributed by atoms with Crippen molar-refractivity contribution in [2.75, 3.05) is 6.54 Å². The van der Waals surface area contributed by atoms with Crippen molar-refractivity contribution in [1.82, 2.24) is 4.90 Å². The van der Waals surface area contributed by atoms with Crippen molar-refractivity contribution in [3.05, 3.63) is 29.6 Å². The lowest BCUT2D eigenvalue weighted by Crippen LogP contribution is -2.44. The molecule has 3 rings (SSSR count). The van der Waals surface area contributed by atoms with Gasteiger partial charge in [-0.05, 0) is 51.1 Å². The monoisotopic (exact) mass is 263 g/mol. The average Bonchev–Trinajstić information content (AvgIpc) is 2.86. The molecule has 1 heterocycles. The Bertz CT molecular complexity index is 462. The smallest absolute Gasteiger partial charge is 0.131 e. The zero-order valence-corrected chi connectivity index (χ0v) is 11.5. The second-order valence-electron chi connectivity index (χ2n) is 6.02. The van der Waals surface area contributed by atoms with E-state index < -0.39 is 0 Å². The van der Waals surface area contributed by atoms with Crippen LogP contribution >= 0.6 is 0 Å². The maximum Gasteiger partial charge on any atom is 0.131 e. The normalized spacial score (nSPS) is 29.2. The first kappa shape index (κ1) is 12.9. The van der Waals surface area contributed by atoms with Crippen molar-refractivity contribution in [2.45, 2.75) is 51.1 Å². The van der Waals surface area contributed by atoms with Crippen molar-refractivity contribution in [2.24, 2.45) is 5.92 Å². The Morgan fingerprint density at radius 2 is 2.05 bits per heavy atom. The van der Waals surface area contributed by atoms with Gasteiger partial charge in [0.25, 0.3) is 0 Å². The number of nitrogens with zero attached hydrogens (tertiary/aromatic N) is 1. The number of halogens is 1. The topological polar surface area (TPSA) is 23.5 Å². The molecule has 1 saturated carbocycles. The molecule has 2 fully saturated rings. The van der Waals surface area contributed by atoms with Crippen molar-refractivity contribution >= 4 is 0 Å². The summed E-state index contributed by atoms with van der Waals surface area (Å²) in [6.07, 6.45) is 6.48. The number of rotatable bonds is 2. The van der Waals surface area contributed by atoms with Gasteiger partial charge < -0.3 is 5.11 Å². The summed E-state index contributed by atoms with van der Waals surface area (Å²) in [6.45, 7) is 3.17. The zero-order valence-electron chi connectivity index (χ0n) is 11.5. The van der Waals surface area contributed by atoms with Crippen LogP contribution in [0, 0.1) is 11.7 Å². The van der Waals surface area contributed by atoms with Gasteiger partial charge in [0.1, 0.15) is 11.6 Å². The quantitative estimate of drug-likeness (QED) is 0.876. The molecular weight excluding hydrogens is 241 g/mol. The van der Waals surface area contributed by atoms with Gasteiger partial charge in [-0.2, -0.15) is 0 Å². The lowest BCUT2D eigenvalue weighted by molar-refractivity contribution is 0.0730. The van der Waals surface area contributed by atoms with Gasteiger partial charge in [-0.3, -0.25) is 4.90 Å². The second kappa shape index (κ2) is 5.12. The van der Waals surface area contributed by atoms with Crippen LogP contribution in [0.1, 0.15) is 50.6 Å². The molecule has 2 aliphatic rings. The van der Waals surface area contributed by atoms with Crippen molar-refractivity contribution in [3.63, 3.8) is 0 Å². The molecule has 1 aliphatic heterocycles. The Labute approximate surface area is 114 Å². The maximum absolute atomic E-state index is 14.0. The van der Waals surface area contributed by atoms with Crippen LogP contribution in [0.15, 0.2) is 18.2 Å². The number of likely N-dealkylation sites (tertiary alicyclic amines) is 1. The third-order valence-corrected chi connectivity index (χ3v) is 4.97. The molecule has 0 bridgehead atoms. The molecule has 1 saturated heterocycles. The summed E-state index contributed by atoms with van der Waals surface area (Å²) in [5, 5.41) is 9.33. The highest BCUT2D eigenvalue weighted by Crippen LogP contribution is 2.41. The van der Waals surface area contributed by atoms with Crippen LogP contribution < -0.4 is 0 Å². The molecule has 1 aliphatic carbocycles. The first-order valence-electron chi connectivity index (χ1n) is 7.41. The predicted molar refractivity (Wildman–Crippen MR) is 73.5 cm³/mol. The number of hydrogen-bond acceptors (Lipinski definition) is 2. The minimum Gasteiger partial charge on any atom is -0.508 e. The van der Waals surface area contributed by atoms with Crippen LogP contribution in [0.5, 0.6) is 5.75 Å². The van der Waals surface area contributed by atoms with E-state index in [9.17, 15) is 9.50 Å². The summed E-state index contributed by atoms with van der Waals surface area (Å²) in [4.78, 5) is 2.48. The van der Waals surface area contributed by atoms with Crippen LogP contribution in [-0.2, 0) is 0 Å². The fourth-order valence-electron chi connectivity index (χ4n) is 4.01. The molecule has 0 amide bonds. The van der Waals surface area contributed by atoms with E-state index in [0.29, 0.717) is 11.6 Å². The SMILES string of the molecule is CC(c1ccc(O)cc1F)N1CCCC2CCCC21. The Balaban J connectivity index is 1.84. The van der Waals surface area contributed by atoms with Crippen molar-refractivity contribution < 1.29 is 9.50 Å². The minimum absolute atomic E-state index is 0.00540. The lowest BCUT2D eigenvalue weighted by Gasteiger charge is -2.41. The molecule has 0 spiro atoms. The second-order valence-corrected chi connectivity index (χ2v) is 6.02. The van der Waals surface area contributed by atoms with E-state index in [1.807, 2.05) is 0 Å². The van der Waals surface area contributed by atoms with Crippen LogP contribution in [0.4, 0.5) is 4.39 Å². The van der Waals surface area contributed by atoms with Gasteiger partial charge in [-0.1, -0.05) is 12.5 Å². The average molecular weight is 263 g/mol. The first-order chi connectivity index (χ1) is 9.16. The molecule has 104 valence electrons. The number of phenols is 1. The predicted octanol–water partition coefficient (Wildman–Crippen LogP) is 3.86. The van der Waals surface area contributed by atoms with Crippen LogP contribution in [0.2, 0.25) is 0 Å². The molecule has 3 unspecified atom stereocenters. The fraction of sp³-hybridized carbons (Fsp3) is 0.625. The highest BCUT2D eigenvalue weighted by Gasteiger charge is 2.37. The molecule has 3 atom stereocenters. The van der Waals surface area contributed by atoms with Crippen LogP contribution in [0.3, 0.4) is 0 Å². The molecule has 1 N–H and O–H groups in total. The van der Waals surface area contributed by atoms with Gasteiger partial charge >= 0.3 is 0 Å². The molecule has 0 radical (unpaired) electrons. The van der Waals surface area contributed by atoms with E-state index >= 15 is 0 Å². The summed E-state index contributed by atoms with van der Waals surface area (Å²) in [6, 6.07) is 5.28. The van der Waals surface area contributed by atoms with Gasteiger partial charge in [0.2, 0.25) is 0 Å². The summed E-state index contributed by atoms with van der Waals surface area (Å²) >= 11 is 0. The summed E-state index contributed by atoms with van der Waals surface area (Å²) in [5.74, 6) is 0.537. The Hall–Kier alpha value is -1.09. The Kier molecular flexibility index (Phi) is 3.48. The van der Waals surface area contributed by atoms with E-state index in [-0.39, 0.29) is 17.6 Å². The molecule has 19 heavy (non-hydrogen) atoms. The Morgan fingerprint density at radius 3 is 2.84 bits per heavy atom. The van der Waals surface area contributed by atoms with Gasteiger partial charge in [0.15, 0.2) is 0 Å². The minimum atomic E-state index is -0.285. The van der Waals surface area contributed by atoms with Crippen LogP contribution in [-0.4, -0.2) is 22.6 Å². The van der Waals surface area contributed by atoms with E-state index in [2.05, 4.69) is 11.8 Å². The van der Waals surface area contributed by atoms with E-state index in [0.717, 1.165) is 12.5 Å². The lowest BCUT2D eigenvalue weighted by atomic mass is 9.89. The van der Waals surface area contributed by atoms with Crippen LogP contribution in [0.25, 0.3) is 0 Å². The third kappa shape index (κ3) is 2.36. The van der Waals surface area contributed by atoms with E-state index in [1.165, 1.54) is 38.2 Å². The number of piperidine rings is 1. The van der Waals surface area contributed by atoms with Crippen molar-refractivity contribution in [1.29, 1.82) is 0 Å². The number of benzene rings is 1. The molecular formula is C16H22FNO. The number of aromatic hydroxyl groups is 1. The standard InChI is InChI=1S/C16H22FNO/c1-11(14-8-7-13(19)10-15(14)17)18-9-3-5-12-4-2-6-16(12)18/h7-8,10-12,16,19H,2-6,9H2,1H3. The Morgan fingerprint density at radius 1 is 1.26 bits per heavy atom. The van der Waals surface area contributed by atoms with Gasteiger partial charge in [-0.15, -0.1) is 0 Å². The molecule has 2 nitrogen and oxygen atoms in total. The van der Waals surface area contributed by atoms with E-state index in [1.54, 1.807) is 12.1 Å². The maximum atomic E-state index is 14.0. The summed E-state index contributed by atoms with van der Waals surface area (Å²) in [7, 11) is 0. The zero-order chi connectivity index (χ0) is 13.4. The summed E-state index contributed by atoms with van der Waals surface area (Å²) in [5.41, 5.74) is 0.713. The number of phenolic OH excluding ortho intramolecular Hbond substituents is 1. The molecule has 1 aromatic carbocycles. The van der Waals surface area contributed by atoms with E-state index in [4.69, 9.17) is 0 Å². The van der Waals surface area contributed by atoms with Gasteiger partial charge in [0, 0.05) is 23.7 Å². The highest BCUT2D eigenvalue weighted by atomic mass is 19.1. The molecule has 3 heteroatoms. The molecule has 0 aromatic heterocycles.